The summed E-state index contributed by atoms with van der Waals surface area (Å²) in [6.07, 6.45) is 5.66. The second-order valence-corrected chi connectivity index (χ2v) is 9.25. The summed E-state index contributed by atoms with van der Waals surface area (Å²) in [4.78, 5) is 12.4. The Morgan fingerprint density at radius 1 is 1.36 bits per heavy atom. The van der Waals surface area contributed by atoms with E-state index in [1.165, 1.54) is 26.0 Å². The highest BCUT2D eigenvalue weighted by Crippen LogP contribution is 2.44. The largest absolute Gasteiger partial charge is 0.495 e. The van der Waals surface area contributed by atoms with Crippen LogP contribution in [-0.4, -0.2) is 40.3 Å². The van der Waals surface area contributed by atoms with Gasteiger partial charge in [0.25, 0.3) is 0 Å². The van der Waals surface area contributed by atoms with Gasteiger partial charge in [-0.3, -0.25) is 9.10 Å². The Morgan fingerprint density at radius 3 is 2.64 bits per heavy atom. The van der Waals surface area contributed by atoms with Crippen molar-refractivity contribution in [1.29, 1.82) is 0 Å². The molecular formula is C17H23ClN2O4S. The van der Waals surface area contributed by atoms with Gasteiger partial charge in [0.15, 0.2) is 0 Å². The number of rotatable bonds is 6. The van der Waals surface area contributed by atoms with Crippen molar-refractivity contribution in [2.45, 2.75) is 31.7 Å². The Kier molecular flexibility index (Phi) is 5.16. The van der Waals surface area contributed by atoms with Crippen molar-refractivity contribution in [2.24, 2.45) is 11.8 Å². The van der Waals surface area contributed by atoms with Gasteiger partial charge in [0.1, 0.15) is 12.3 Å². The molecule has 1 amide bonds. The predicted molar refractivity (Wildman–Crippen MR) is 97.6 cm³/mol. The lowest BCUT2D eigenvalue weighted by atomic mass is 9.95. The zero-order chi connectivity index (χ0) is 18.2. The van der Waals surface area contributed by atoms with Gasteiger partial charge in [0.2, 0.25) is 15.9 Å². The third-order valence-corrected chi connectivity index (χ3v) is 6.63. The molecule has 8 heteroatoms. The average Bonchev–Trinajstić information content (AvgIpc) is 3.14. The summed E-state index contributed by atoms with van der Waals surface area (Å²) in [6.45, 7) is -0.255. The second-order valence-electron chi connectivity index (χ2n) is 6.94. The van der Waals surface area contributed by atoms with Gasteiger partial charge in [-0.25, -0.2) is 8.42 Å². The molecule has 2 aliphatic carbocycles. The molecule has 0 radical (unpaired) electrons. The number of amides is 1. The normalized spacial score (nSPS) is 25.0. The maximum Gasteiger partial charge on any atom is 0.241 e. The van der Waals surface area contributed by atoms with E-state index in [1.807, 2.05) is 0 Å². The Morgan fingerprint density at radius 2 is 2.12 bits per heavy atom. The number of carbonyl (C=O) groups is 1. The first-order valence-electron chi connectivity index (χ1n) is 8.38. The highest BCUT2D eigenvalue weighted by atomic mass is 35.5. The number of carbonyl (C=O) groups excluding carboxylic acids is 1. The summed E-state index contributed by atoms with van der Waals surface area (Å²) in [5.41, 5.74) is 0.344. The van der Waals surface area contributed by atoms with E-state index in [1.54, 1.807) is 12.1 Å². The van der Waals surface area contributed by atoms with E-state index < -0.39 is 10.0 Å². The summed E-state index contributed by atoms with van der Waals surface area (Å²) >= 11 is 6.09. The average molecular weight is 387 g/mol. The van der Waals surface area contributed by atoms with Gasteiger partial charge in [0, 0.05) is 6.04 Å². The maximum absolute atomic E-state index is 12.4. The SMILES string of the molecule is COc1ccc(N(CC(=O)N[C@@H]2C[C@H]3CC[C@H]2C3)S(C)(=O)=O)cc1Cl. The van der Waals surface area contributed by atoms with E-state index >= 15 is 0 Å². The van der Waals surface area contributed by atoms with Crippen LogP contribution in [0.4, 0.5) is 5.69 Å². The number of methoxy groups -OCH3 is 1. The van der Waals surface area contributed by atoms with E-state index in [9.17, 15) is 13.2 Å². The molecule has 2 bridgehead atoms. The Balaban J connectivity index is 1.73. The standard InChI is InChI=1S/C17H23ClN2O4S/c1-24-16-6-5-13(9-14(16)18)20(25(2,22)23)10-17(21)19-15-8-11-3-4-12(15)7-11/h5-6,9,11-12,15H,3-4,7-8,10H2,1-2H3,(H,19,21)/t11-,12-,15+/m0/s1. The third-order valence-electron chi connectivity index (χ3n) is 5.20. The summed E-state index contributed by atoms with van der Waals surface area (Å²) in [7, 11) is -2.14. The molecule has 0 aromatic heterocycles. The van der Waals surface area contributed by atoms with Gasteiger partial charge in [-0.15, -0.1) is 0 Å². The summed E-state index contributed by atoms with van der Waals surface area (Å²) < 4.78 is 30.5. The molecule has 6 nitrogen and oxygen atoms in total. The number of nitrogens with zero attached hydrogens (tertiary/aromatic N) is 1. The smallest absolute Gasteiger partial charge is 0.241 e. The fourth-order valence-corrected chi connectivity index (χ4v) is 5.12. The van der Waals surface area contributed by atoms with Crippen LogP contribution in [0.3, 0.4) is 0 Å². The molecule has 1 aromatic carbocycles. The van der Waals surface area contributed by atoms with Crippen molar-refractivity contribution >= 4 is 33.2 Å². The summed E-state index contributed by atoms with van der Waals surface area (Å²) in [5, 5.41) is 3.31. The quantitative estimate of drug-likeness (QED) is 0.814. The van der Waals surface area contributed by atoms with Crippen LogP contribution in [0.5, 0.6) is 5.75 Å². The van der Waals surface area contributed by atoms with Gasteiger partial charge in [-0.2, -0.15) is 0 Å². The van der Waals surface area contributed by atoms with E-state index in [-0.39, 0.29) is 18.5 Å². The minimum atomic E-state index is -3.62. The molecule has 138 valence electrons. The lowest BCUT2D eigenvalue weighted by Gasteiger charge is -2.26. The molecule has 25 heavy (non-hydrogen) atoms. The molecule has 2 saturated carbocycles. The number of hydrogen-bond acceptors (Lipinski definition) is 4. The fraction of sp³-hybridized carbons (Fsp3) is 0.588. The van der Waals surface area contributed by atoms with Crippen LogP contribution in [0.25, 0.3) is 0 Å². The maximum atomic E-state index is 12.4. The minimum absolute atomic E-state index is 0.173. The minimum Gasteiger partial charge on any atom is -0.495 e. The zero-order valence-corrected chi connectivity index (χ0v) is 15.9. The highest BCUT2D eigenvalue weighted by Gasteiger charge is 2.40. The summed E-state index contributed by atoms with van der Waals surface area (Å²) in [6, 6.07) is 4.83. The van der Waals surface area contributed by atoms with Crippen LogP contribution in [0.2, 0.25) is 5.02 Å². The molecule has 1 aromatic rings. The van der Waals surface area contributed by atoms with Crippen LogP contribution in [0.15, 0.2) is 18.2 Å². The Labute approximate surface area is 153 Å². The third kappa shape index (κ3) is 4.03. The highest BCUT2D eigenvalue weighted by molar-refractivity contribution is 7.92. The molecule has 0 heterocycles. The van der Waals surface area contributed by atoms with Crippen LogP contribution in [-0.2, 0) is 14.8 Å². The Hall–Kier alpha value is -1.47. The van der Waals surface area contributed by atoms with E-state index in [4.69, 9.17) is 16.3 Å². The Bertz CT molecular complexity index is 768. The second kappa shape index (κ2) is 7.03. The van der Waals surface area contributed by atoms with Crippen LogP contribution in [0, 0.1) is 11.8 Å². The van der Waals surface area contributed by atoms with E-state index in [0.29, 0.717) is 28.3 Å². The van der Waals surface area contributed by atoms with Gasteiger partial charge >= 0.3 is 0 Å². The van der Waals surface area contributed by atoms with E-state index in [0.717, 1.165) is 23.4 Å². The van der Waals surface area contributed by atoms with Crippen LogP contribution >= 0.6 is 11.6 Å². The first-order valence-corrected chi connectivity index (χ1v) is 10.6. The van der Waals surface area contributed by atoms with Crippen LogP contribution in [0.1, 0.15) is 25.7 Å². The topological polar surface area (TPSA) is 75.7 Å². The molecule has 2 fully saturated rings. The van der Waals surface area contributed by atoms with Gasteiger partial charge in [-0.1, -0.05) is 18.0 Å². The van der Waals surface area contributed by atoms with E-state index in [2.05, 4.69) is 5.32 Å². The molecule has 2 aliphatic rings. The number of halogens is 1. The number of ether oxygens (including phenoxy) is 1. The summed E-state index contributed by atoms with van der Waals surface area (Å²) in [5.74, 6) is 1.41. The van der Waals surface area contributed by atoms with Gasteiger partial charge in [0.05, 0.1) is 24.1 Å². The lowest BCUT2D eigenvalue weighted by molar-refractivity contribution is -0.120. The molecule has 0 aliphatic heterocycles. The molecule has 0 saturated heterocycles. The molecule has 3 atom stereocenters. The van der Waals surface area contributed by atoms with Gasteiger partial charge < -0.3 is 10.1 Å². The zero-order valence-electron chi connectivity index (χ0n) is 14.4. The van der Waals surface area contributed by atoms with Crippen LogP contribution < -0.4 is 14.4 Å². The number of anilines is 1. The van der Waals surface area contributed by atoms with Crippen molar-refractivity contribution in [3.05, 3.63) is 23.2 Å². The molecule has 0 spiro atoms. The van der Waals surface area contributed by atoms with Gasteiger partial charge in [-0.05, 0) is 49.3 Å². The number of benzene rings is 1. The fourth-order valence-electron chi connectivity index (χ4n) is 4.01. The molecule has 0 unspecified atom stereocenters. The van der Waals surface area contributed by atoms with Crippen molar-refractivity contribution in [3.63, 3.8) is 0 Å². The number of nitrogens with one attached hydrogen (secondary N) is 1. The number of fused-ring (bicyclic) bond motifs is 2. The monoisotopic (exact) mass is 386 g/mol. The van der Waals surface area contributed by atoms with Crippen molar-refractivity contribution in [3.8, 4) is 5.75 Å². The first-order chi connectivity index (χ1) is 11.8. The molecule has 1 N–H and O–H groups in total. The molecular weight excluding hydrogens is 364 g/mol. The first kappa shape index (κ1) is 18.3. The number of hydrogen-bond donors (Lipinski definition) is 1. The molecule has 3 rings (SSSR count). The lowest BCUT2D eigenvalue weighted by Crippen LogP contribution is -2.45. The van der Waals surface area contributed by atoms with Crippen molar-refractivity contribution in [2.75, 3.05) is 24.2 Å². The van der Waals surface area contributed by atoms with Crippen molar-refractivity contribution in [1.82, 2.24) is 5.32 Å². The predicted octanol–water partition coefficient (Wildman–Crippen LogP) is 2.42. The van der Waals surface area contributed by atoms with Crippen molar-refractivity contribution < 1.29 is 17.9 Å². The number of sulfonamides is 1.